The topological polar surface area (TPSA) is 38.3 Å². The summed E-state index contributed by atoms with van der Waals surface area (Å²) in [6, 6.07) is 5.66. The van der Waals surface area contributed by atoms with Crippen molar-refractivity contribution in [1.82, 2.24) is 0 Å². The number of hydrogen-bond acceptors (Lipinski definition) is 2. The van der Waals surface area contributed by atoms with Crippen molar-refractivity contribution in [1.29, 1.82) is 0 Å². The van der Waals surface area contributed by atoms with Crippen molar-refractivity contribution in [3.8, 4) is 0 Å². The lowest BCUT2D eigenvalue weighted by molar-refractivity contribution is -0.119. The van der Waals surface area contributed by atoms with Crippen LogP contribution in [0.15, 0.2) is 27.1 Å². The Balaban J connectivity index is 2.05. The van der Waals surface area contributed by atoms with Gasteiger partial charge in [-0.2, -0.15) is 0 Å². The molecule has 0 aliphatic carbocycles. The molecule has 1 heterocycles. The number of hydrogen-bond donors (Lipinski definition) is 1. The third-order valence-electron chi connectivity index (χ3n) is 2.49. The molecule has 16 heavy (non-hydrogen) atoms. The number of carbonyl (C=O) groups is 1. The highest BCUT2D eigenvalue weighted by atomic mass is 79.9. The summed E-state index contributed by atoms with van der Waals surface area (Å²) in [5, 5.41) is 2.89. The number of halogens is 2. The first kappa shape index (κ1) is 12.1. The minimum Gasteiger partial charge on any atom is -0.381 e. The SMILES string of the molecule is O=C(Nc1ccc(Br)cc1Br)C1CCOC1. The zero-order valence-corrected chi connectivity index (χ0v) is 11.7. The Morgan fingerprint density at radius 3 is 2.88 bits per heavy atom. The molecule has 3 nitrogen and oxygen atoms in total. The Morgan fingerprint density at radius 1 is 1.44 bits per heavy atom. The fraction of sp³-hybridized carbons (Fsp3) is 0.364. The molecule has 0 aromatic heterocycles. The Hall–Kier alpha value is -0.390. The Kier molecular flexibility index (Phi) is 4.00. The molecule has 0 spiro atoms. The predicted molar refractivity (Wildman–Crippen MR) is 69.4 cm³/mol. The quantitative estimate of drug-likeness (QED) is 0.891. The number of amides is 1. The van der Waals surface area contributed by atoms with Crippen LogP contribution in [0.1, 0.15) is 6.42 Å². The fourth-order valence-corrected chi connectivity index (χ4v) is 2.71. The molecule has 1 N–H and O–H groups in total. The Labute approximate surface area is 111 Å². The largest absolute Gasteiger partial charge is 0.381 e. The summed E-state index contributed by atoms with van der Waals surface area (Å²) in [6.07, 6.45) is 0.806. The number of anilines is 1. The van der Waals surface area contributed by atoms with E-state index < -0.39 is 0 Å². The van der Waals surface area contributed by atoms with Crippen molar-refractivity contribution < 1.29 is 9.53 Å². The second kappa shape index (κ2) is 5.29. The van der Waals surface area contributed by atoms with Crippen molar-refractivity contribution in [2.75, 3.05) is 18.5 Å². The molecule has 1 saturated heterocycles. The van der Waals surface area contributed by atoms with E-state index in [4.69, 9.17) is 4.74 Å². The lowest BCUT2D eigenvalue weighted by Gasteiger charge is -2.10. The molecule has 1 aromatic carbocycles. The maximum atomic E-state index is 11.8. The van der Waals surface area contributed by atoms with Crippen LogP contribution in [0.3, 0.4) is 0 Å². The number of benzene rings is 1. The lowest BCUT2D eigenvalue weighted by Crippen LogP contribution is -2.22. The van der Waals surface area contributed by atoms with Gasteiger partial charge < -0.3 is 10.1 Å². The van der Waals surface area contributed by atoms with Crippen LogP contribution in [0, 0.1) is 5.92 Å². The summed E-state index contributed by atoms with van der Waals surface area (Å²) in [7, 11) is 0. The van der Waals surface area contributed by atoms with E-state index in [1.54, 1.807) is 0 Å². The molecular formula is C11H11Br2NO2. The van der Waals surface area contributed by atoms with Gasteiger partial charge in [-0.1, -0.05) is 15.9 Å². The number of carbonyl (C=O) groups excluding carboxylic acids is 1. The van der Waals surface area contributed by atoms with E-state index in [0.29, 0.717) is 13.2 Å². The van der Waals surface area contributed by atoms with Gasteiger partial charge in [0.2, 0.25) is 5.91 Å². The van der Waals surface area contributed by atoms with Crippen LogP contribution < -0.4 is 5.32 Å². The molecule has 1 aliphatic heterocycles. The van der Waals surface area contributed by atoms with Crippen molar-refractivity contribution in [3.05, 3.63) is 27.1 Å². The normalized spacial score (nSPS) is 19.8. The third kappa shape index (κ3) is 2.84. The number of rotatable bonds is 2. The second-order valence-electron chi connectivity index (χ2n) is 3.67. The van der Waals surface area contributed by atoms with Gasteiger partial charge in [-0.3, -0.25) is 4.79 Å². The van der Waals surface area contributed by atoms with Gasteiger partial charge in [0, 0.05) is 15.6 Å². The maximum Gasteiger partial charge on any atom is 0.229 e. The van der Waals surface area contributed by atoms with E-state index in [9.17, 15) is 4.79 Å². The molecule has 2 rings (SSSR count). The molecule has 1 aliphatic rings. The highest BCUT2D eigenvalue weighted by Gasteiger charge is 2.23. The van der Waals surface area contributed by atoms with Gasteiger partial charge in [-0.15, -0.1) is 0 Å². The minimum absolute atomic E-state index is 0.0180. The molecule has 0 radical (unpaired) electrons. The first-order chi connectivity index (χ1) is 7.66. The molecule has 1 aromatic rings. The minimum atomic E-state index is -0.0180. The van der Waals surface area contributed by atoms with E-state index in [1.165, 1.54) is 0 Å². The molecule has 5 heteroatoms. The summed E-state index contributed by atoms with van der Waals surface area (Å²) in [5.74, 6) is 0.0102. The van der Waals surface area contributed by atoms with Gasteiger partial charge in [0.1, 0.15) is 0 Å². The molecule has 86 valence electrons. The van der Waals surface area contributed by atoms with Crippen LogP contribution in [0.5, 0.6) is 0 Å². The molecule has 1 fully saturated rings. The molecule has 0 saturated carbocycles. The van der Waals surface area contributed by atoms with E-state index in [0.717, 1.165) is 21.1 Å². The first-order valence-corrected chi connectivity index (χ1v) is 6.59. The smallest absolute Gasteiger partial charge is 0.229 e. The van der Waals surface area contributed by atoms with Gasteiger partial charge in [-0.05, 0) is 40.5 Å². The van der Waals surface area contributed by atoms with E-state index in [-0.39, 0.29) is 11.8 Å². The monoisotopic (exact) mass is 347 g/mol. The van der Waals surface area contributed by atoms with Gasteiger partial charge in [0.25, 0.3) is 0 Å². The van der Waals surface area contributed by atoms with Crippen LogP contribution in [0.4, 0.5) is 5.69 Å². The molecule has 1 atom stereocenters. The Morgan fingerprint density at radius 2 is 2.25 bits per heavy atom. The summed E-state index contributed by atoms with van der Waals surface area (Å²) >= 11 is 6.77. The maximum absolute atomic E-state index is 11.8. The van der Waals surface area contributed by atoms with Crippen molar-refractivity contribution in [2.45, 2.75) is 6.42 Å². The van der Waals surface area contributed by atoms with Crippen LogP contribution in [0.2, 0.25) is 0 Å². The second-order valence-corrected chi connectivity index (χ2v) is 5.44. The van der Waals surface area contributed by atoms with E-state index in [2.05, 4.69) is 37.2 Å². The number of nitrogens with one attached hydrogen (secondary N) is 1. The molecule has 1 unspecified atom stereocenters. The zero-order valence-electron chi connectivity index (χ0n) is 8.50. The molecule has 0 bridgehead atoms. The van der Waals surface area contributed by atoms with E-state index >= 15 is 0 Å². The summed E-state index contributed by atoms with van der Waals surface area (Å²) in [5.41, 5.74) is 0.792. The zero-order chi connectivity index (χ0) is 11.5. The highest BCUT2D eigenvalue weighted by Crippen LogP contribution is 2.27. The van der Waals surface area contributed by atoms with Crippen molar-refractivity contribution >= 4 is 43.5 Å². The predicted octanol–water partition coefficient (Wildman–Crippen LogP) is 3.19. The van der Waals surface area contributed by atoms with Gasteiger partial charge >= 0.3 is 0 Å². The average Bonchev–Trinajstić information content (AvgIpc) is 2.75. The fourth-order valence-electron chi connectivity index (χ4n) is 1.57. The first-order valence-electron chi connectivity index (χ1n) is 5.00. The molecular weight excluding hydrogens is 338 g/mol. The average molecular weight is 349 g/mol. The van der Waals surface area contributed by atoms with Crippen molar-refractivity contribution in [2.24, 2.45) is 5.92 Å². The summed E-state index contributed by atoms with van der Waals surface area (Å²) < 4.78 is 7.03. The lowest BCUT2D eigenvalue weighted by atomic mass is 10.1. The highest BCUT2D eigenvalue weighted by molar-refractivity contribution is 9.11. The number of ether oxygens (including phenoxy) is 1. The summed E-state index contributed by atoms with van der Waals surface area (Å²) in [6.45, 7) is 1.21. The van der Waals surface area contributed by atoms with E-state index in [1.807, 2.05) is 18.2 Å². The van der Waals surface area contributed by atoms with Crippen molar-refractivity contribution in [3.63, 3.8) is 0 Å². The Bertz CT molecular complexity index is 403. The van der Waals surface area contributed by atoms with Crippen LogP contribution >= 0.6 is 31.9 Å². The third-order valence-corrected chi connectivity index (χ3v) is 3.64. The van der Waals surface area contributed by atoms with Crippen LogP contribution in [-0.2, 0) is 9.53 Å². The van der Waals surface area contributed by atoms with Crippen LogP contribution in [0.25, 0.3) is 0 Å². The standard InChI is InChI=1S/C11H11Br2NO2/c12-8-1-2-10(9(13)5-8)14-11(15)7-3-4-16-6-7/h1-2,5,7H,3-4,6H2,(H,14,15). The van der Waals surface area contributed by atoms with Crippen LogP contribution in [-0.4, -0.2) is 19.1 Å². The summed E-state index contributed by atoms with van der Waals surface area (Å²) in [4.78, 5) is 11.8. The van der Waals surface area contributed by atoms with Gasteiger partial charge in [0.05, 0.1) is 18.2 Å². The molecule has 1 amide bonds. The van der Waals surface area contributed by atoms with Gasteiger partial charge in [0.15, 0.2) is 0 Å². The van der Waals surface area contributed by atoms with Gasteiger partial charge in [-0.25, -0.2) is 0 Å².